The molecule has 40 heavy (non-hydrogen) atoms. The molecule has 0 bridgehead atoms. The van der Waals surface area contributed by atoms with E-state index in [1.807, 2.05) is 6.92 Å². The van der Waals surface area contributed by atoms with Gasteiger partial charge in [-0.15, -0.1) is 0 Å². The number of carbonyl (C=O) groups excluding carboxylic acids is 3. The second-order valence-corrected chi connectivity index (χ2v) is 12.5. The van der Waals surface area contributed by atoms with Gasteiger partial charge < -0.3 is 23.7 Å². The SMILES string of the molecule is CCCCCOC1C(Cc2ccc(C)cc2)COCC(N(C(=O)OC(C)(C)C)C(=O)OC(C)(C)C)C(=O)OC1C. The molecule has 1 heterocycles. The molecule has 2 rings (SSSR count). The van der Waals surface area contributed by atoms with Crippen molar-refractivity contribution in [2.24, 2.45) is 5.92 Å². The monoisotopic (exact) mass is 563 g/mol. The number of ether oxygens (including phenoxy) is 5. The van der Waals surface area contributed by atoms with Crippen molar-refractivity contribution in [1.82, 2.24) is 4.90 Å². The van der Waals surface area contributed by atoms with Crippen LogP contribution in [-0.4, -0.2) is 72.3 Å². The summed E-state index contributed by atoms with van der Waals surface area (Å²) in [7, 11) is 0. The van der Waals surface area contributed by atoms with E-state index in [0.717, 1.165) is 30.4 Å². The van der Waals surface area contributed by atoms with Crippen molar-refractivity contribution >= 4 is 18.2 Å². The number of imide groups is 1. The number of hydrogen-bond acceptors (Lipinski definition) is 8. The van der Waals surface area contributed by atoms with Crippen molar-refractivity contribution in [3.63, 3.8) is 0 Å². The first kappa shape index (κ1) is 33.6. The van der Waals surface area contributed by atoms with Crippen LogP contribution < -0.4 is 0 Å². The van der Waals surface area contributed by atoms with Crippen LogP contribution in [0, 0.1) is 12.8 Å². The van der Waals surface area contributed by atoms with E-state index in [-0.39, 0.29) is 19.1 Å². The smallest absolute Gasteiger partial charge is 0.420 e. The molecule has 1 aromatic rings. The molecular weight excluding hydrogens is 514 g/mol. The Morgan fingerprint density at radius 3 is 2.05 bits per heavy atom. The molecule has 0 N–H and O–H groups in total. The van der Waals surface area contributed by atoms with Crippen LogP contribution in [0.5, 0.6) is 0 Å². The maximum Gasteiger partial charge on any atom is 0.420 e. The molecule has 9 heteroatoms. The maximum atomic E-state index is 13.5. The van der Waals surface area contributed by atoms with Crippen molar-refractivity contribution < 1.29 is 38.1 Å². The number of unbranched alkanes of at least 4 members (excludes halogenated alkanes) is 2. The lowest BCUT2D eigenvalue weighted by molar-refractivity contribution is -0.163. The van der Waals surface area contributed by atoms with Gasteiger partial charge >= 0.3 is 18.2 Å². The third kappa shape index (κ3) is 11.1. The summed E-state index contributed by atoms with van der Waals surface area (Å²) in [6, 6.07) is 6.86. The largest absolute Gasteiger partial charge is 0.458 e. The number of carbonyl (C=O) groups is 3. The van der Waals surface area contributed by atoms with Crippen molar-refractivity contribution in [3.8, 4) is 0 Å². The maximum absolute atomic E-state index is 13.5. The fraction of sp³-hybridized carbons (Fsp3) is 0.710. The van der Waals surface area contributed by atoms with Crippen molar-refractivity contribution in [2.45, 2.75) is 117 Å². The van der Waals surface area contributed by atoms with Crippen molar-refractivity contribution in [2.75, 3.05) is 19.8 Å². The van der Waals surface area contributed by atoms with Gasteiger partial charge in [0.25, 0.3) is 0 Å². The number of hydrogen-bond donors (Lipinski definition) is 0. The summed E-state index contributed by atoms with van der Waals surface area (Å²) in [4.78, 5) is 40.6. The highest BCUT2D eigenvalue weighted by Crippen LogP contribution is 2.25. The zero-order valence-electron chi connectivity index (χ0n) is 25.8. The van der Waals surface area contributed by atoms with Crippen LogP contribution in [0.2, 0.25) is 0 Å². The molecule has 0 radical (unpaired) electrons. The molecule has 9 nitrogen and oxygen atoms in total. The Labute approximate surface area is 239 Å². The first-order valence-corrected chi connectivity index (χ1v) is 14.3. The van der Waals surface area contributed by atoms with E-state index in [0.29, 0.717) is 17.9 Å². The molecule has 1 fully saturated rings. The van der Waals surface area contributed by atoms with Gasteiger partial charge in [0, 0.05) is 12.5 Å². The molecule has 1 aliphatic rings. The highest BCUT2D eigenvalue weighted by Gasteiger charge is 2.44. The molecule has 1 aromatic carbocycles. The van der Waals surface area contributed by atoms with Gasteiger partial charge in [0.15, 0.2) is 6.04 Å². The van der Waals surface area contributed by atoms with Gasteiger partial charge in [-0.25, -0.2) is 14.4 Å². The highest BCUT2D eigenvalue weighted by molar-refractivity contribution is 5.94. The fourth-order valence-electron chi connectivity index (χ4n) is 4.38. The number of cyclic esters (lactones) is 1. The minimum absolute atomic E-state index is 0.137. The molecule has 0 saturated carbocycles. The van der Waals surface area contributed by atoms with E-state index in [4.69, 9.17) is 23.7 Å². The van der Waals surface area contributed by atoms with Gasteiger partial charge in [0.05, 0.1) is 19.3 Å². The van der Waals surface area contributed by atoms with Gasteiger partial charge in [-0.3, -0.25) is 0 Å². The Bertz CT molecular complexity index is 935. The standard InChI is InChI=1S/C31H49NO8/c1-10-11-12-17-37-26-22(3)38-27(33)25(20-36-19-24(26)18-23-15-13-21(2)14-16-23)32(28(34)39-30(4,5)6)29(35)40-31(7,8)9/h13-16,22,24-26H,10-12,17-20H2,1-9H3. The molecule has 2 amide bonds. The predicted molar refractivity (Wildman–Crippen MR) is 152 cm³/mol. The third-order valence-corrected chi connectivity index (χ3v) is 6.28. The number of benzene rings is 1. The van der Waals surface area contributed by atoms with Crippen LogP contribution in [0.25, 0.3) is 0 Å². The average Bonchev–Trinajstić information content (AvgIpc) is 2.86. The highest BCUT2D eigenvalue weighted by atomic mass is 16.6. The van der Waals surface area contributed by atoms with Crippen molar-refractivity contribution in [1.29, 1.82) is 0 Å². The Morgan fingerprint density at radius 1 is 0.950 bits per heavy atom. The van der Waals surface area contributed by atoms with E-state index in [1.54, 1.807) is 48.5 Å². The first-order chi connectivity index (χ1) is 18.6. The minimum Gasteiger partial charge on any atom is -0.458 e. The Balaban J connectivity index is 2.38. The zero-order chi connectivity index (χ0) is 30.1. The molecule has 4 unspecified atom stereocenters. The topological polar surface area (TPSA) is 101 Å². The van der Waals surface area contributed by atoms with Crippen LogP contribution >= 0.6 is 0 Å². The molecule has 4 atom stereocenters. The second kappa shape index (κ2) is 14.8. The summed E-state index contributed by atoms with van der Waals surface area (Å²) in [6.45, 7) is 16.5. The van der Waals surface area contributed by atoms with Crippen molar-refractivity contribution in [3.05, 3.63) is 35.4 Å². The van der Waals surface area contributed by atoms with E-state index < -0.39 is 47.6 Å². The van der Waals surface area contributed by atoms with E-state index in [2.05, 4.69) is 31.2 Å². The lowest BCUT2D eigenvalue weighted by Crippen LogP contribution is -2.54. The fourth-order valence-corrected chi connectivity index (χ4v) is 4.38. The lowest BCUT2D eigenvalue weighted by atomic mass is 9.91. The van der Waals surface area contributed by atoms with Crippen LogP contribution in [0.15, 0.2) is 24.3 Å². The van der Waals surface area contributed by atoms with Gasteiger partial charge in [-0.2, -0.15) is 4.90 Å². The summed E-state index contributed by atoms with van der Waals surface area (Å²) in [5, 5.41) is 0. The summed E-state index contributed by atoms with van der Waals surface area (Å²) in [5.41, 5.74) is 0.450. The molecule has 0 spiro atoms. The predicted octanol–water partition coefficient (Wildman–Crippen LogP) is 6.23. The molecule has 226 valence electrons. The Kier molecular flexibility index (Phi) is 12.4. The number of aryl methyl sites for hydroxylation is 1. The van der Waals surface area contributed by atoms with Crippen LogP contribution in [-0.2, 0) is 34.9 Å². The van der Waals surface area contributed by atoms with Crippen LogP contribution in [0.1, 0.15) is 85.8 Å². The lowest BCUT2D eigenvalue weighted by Gasteiger charge is -2.32. The molecule has 0 aromatic heterocycles. The first-order valence-electron chi connectivity index (χ1n) is 14.3. The molecular formula is C31H49NO8. The van der Waals surface area contributed by atoms with Gasteiger partial charge in [-0.1, -0.05) is 49.6 Å². The molecule has 0 aliphatic carbocycles. The van der Waals surface area contributed by atoms with Gasteiger partial charge in [-0.05, 0) is 73.8 Å². The van der Waals surface area contributed by atoms with Crippen LogP contribution in [0.4, 0.5) is 9.59 Å². The number of esters is 1. The van der Waals surface area contributed by atoms with E-state index in [1.165, 1.54) is 0 Å². The summed E-state index contributed by atoms with van der Waals surface area (Å²) in [5.74, 6) is -0.926. The minimum atomic E-state index is -1.40. The quantitative estimate of drug-likeness (QED) is 0.208. The van der Waals surface area contributed by atoms with Gasteiger partial charge in [0.2, 0.25) is 0 Å². The van der Waals surface area contributed by atoms with E-state index in [9.17, 15) is 14.4 Å². The van der Waals surface area contributed by atoms with Gasteiger partial charge in [0.1, 0.15) is 17.3 Å². The molecule has 1 aliphatic heterocycles. The summed E-state index contributed by atoms with van der Waals surface area (Å²) in [6.07, 6.45) is 0.493. The Morgan fingerprint density at radius 2 is 1.52 bits per heavy atom. The third-order valence-electron chi connectivity index (χ3n) is 6.28. The molecule has 1 saturated heterocycles. The number of nitrogens with zero attached hydrogens (tertiary/aromatic N) is 1. The number of rotatable bonds is 8. The van der Waals surface area contributed by atoms with E-state index >= 15 is 0 Å². The average molecular weight is 564 g/mol. The normalized spacial score (nSPS) is 22.4. The van der Waals surface area contributed by atoms with Crippen LogP contribution in [0.3, 0.4) is 0 Å². The number of amides is 2. The summed E-state index contributed by atoms with van der Waals surface area (Å²) < 4.78 is 29.2. The second-order valence-electron chi connectivity index (χ2n) is 12.5. The summed E-state index contributed by atoms with van der Waals surface area (Å²) >= 11 is 0. The zero-order valence-corrected chi connectivity index (χ0v) is 25.8. The Hall–Kier alpha value is -2.65.